The lowest BCUT2D eigenvalue weighted by molar-refractivity contribution is 0.0696. The number of hydrogen-bond donors (Lipinski definition) is 2. The number of halogens is 1. The van der Waals surface area contributed by atoms with Gasteiger partial charge in [0.2, 0.25) is 5.95 Å². The van der Waals surface area contributed by atoms with Crippen LogP contribution >= 0.6 is 11.6 Å². The van der Waals surface area contributed by atoms with Gasteiger partial charge in [-0.15, -0.1) is 0 Å². The van der Waals surface area contributed by atoms with Crippen molar-refractivity contribution in [1.29, 1.82) is 0 Å². The van der Waals surface area contributed by atoms with Crippen LogP contribution in [-0.2, 0) is 10.0 Å². The Morgan fingerprint density at radius 1 is 1.24 bits per heavy atom. The van der Waals surface area contributed by atoms with E-state index in [0.717, 1.165) is 0 Å². The van der Waals surface area contributed by atoms with E-state index >= 15 is 0 Å². The second kappa shape index (κ2) is 5.66. The number of sulfonamides is 1. The second-order valence-corrected chi connectivity index (χ2v) is 6.16. The minimum absolute atomic E-state index is 0.0104. The van der Waals surface area contributed by atoms with Crippen LogP contribution in [0.4, 0.5) is 5.95 Å². The molecule has 2 rings (SSSR count). The Morgan fingerprint density at radius 3 is 2.38 bits per heavy atom. The molecule has 0 fully saturated rings. The summed E-state index contributed by atoms with van der Waals surface area (Å²) >= 11 is 5.73. The molecule has 0 aliphatic heterocycles. The number of carboxylic acid groups (broad SMARTS) is 1. The zero-order valence-electron chi connectivity index (χ0n) is 10.7. The standard InChI is InChI=1S/C12H10ClN3O4S/c1-7-6-10(13)15-12(14-7)16-21(19,20)9-4-2-8(3-5-9)11(17)18/h2-6H,1H3,(H,17,18)(H,14,15,16). The Hall–Kier alpha value is -2.19. The summed E-state index contributed by atoms with van der Waals surface area (Å²) < 4.78 is 26.4. The summed E-state index contributed by atoms with van der Waals surface area (Å²) in [6, 6.07) is 6.25. The van der Waals surface area contributed by atoms with Crippen LogP contribution in [0.5, 0.6) is 0 Å². The van der Waals surface area contributed by atoms with Crippen LogP contribution in [0.1, 0.15) is 16.1 Å². The quantitative estimate of drug-likeness (QED) is 0.830. The summed E-state index contributed by atoms with van der Waals surface area (Å²) in [5, 5.41) is 8.89. The summed E-state index contributed by atoms with van der Waals surface area (Å²) in [6.45, 7) is 1.65. The van der Waals surface area contributed by atoms with Crippen molar-refractivity contribution in [3.8, 4) is 0 Å². The number of anilines is 1. The molecular weight excluding hydrogens is 318 g/mol. The Labute approximate surface area is 125 Å². The van der Waals surface area contributed by atoms with Gasteiger partial charge in [-0.3, -0.25) is 0 Å². The lowest BCUT2D eigenvalue weighted by Gasteiger charge is -2.07. The van der Waals surface area contributed by atoms with Crippen LogP contribution in [0.3, 0.4) is 0 Å². The smallest absolute Gasteiger partial charge is 0.335 e. The van der Waals surface area contributed by atoms with Gasteiger partial charge in [0.1, 0.15) is 5.15 Å². The SMILES string of the molecule is Cc1cc(Cl)nc(NS(=O)(=O)c2ccc(C(=O)O)cc2)n1. The highest BCUT2D eigenvalue weighted by molar-refractivity contribution is 7.92. The third kappa shape index (κ3) is 3.67. The number of hydrogen-bond acceptors (Lipinski definition) is 5. The molecule has 0 amide bonds. The van der Waals surface area contributed by atoms with Gasteiger partial charge in [0.05, 0.1) is 10.5 Å². The maximum atomic E-state index is 12.1. The van der Waals surface area contributed by atoms with Crippen molar-refractivity contribution in [3.05, 3.63) is 46.7 Å². The molecule has 1 aromatic heterocycles. The maximum Gasteiger partial charge on any atom is 0.335 e. The van der Waals surface area contributed by atoms with E-state index < -0.39 is 16.0 Å². The lowest BCUT2D eigenvalue weighted by atomic mass is 10.2. The molecule has 1 heterocycles. The lowest BCUT2D eigenvalue weighted by Crippen LogP contribution is -2.15. The fraction of sp³-hybridized carbons (Fsp3) is 0.0833. The van der Waals surface area contributed by atoms with Crippen molar-refractivity contribution >= 4 is 33.5 Å². The van der Waals surface area contributed by atoms with Gasteiger partial charge in [-0.1, -0.05) is 11.6 Å². The molecule has 1 aromatic carbocycles. The summed E-state index contributed by atoms with van der Waals surface area (Å²) in [4.78, 5) is 18.3. The number of benzene rings is 1. The summed E-state index contributed by atoms with van der Waals surface area (Å²) in [6.07, 6.45) is 0. The molecule has 9 heteroatoms. The average molecular weight is 328 g/mol. The number of aromatic nitrogens is 2. The van der Waals surface area contributed by atoms with Gasteiger partial charge in [-0.25, -0.2) is 27.9 Å². The minimum atomic E-state index is -3.92. The van der Waals surface area contributed by atoms with Crippen LogP contribution in [0.2, 0.25) is 5.15 Å². The first-order valence-corrected chi connectivity index (χ1v) is 7.51. The van der Waals surface area contributed by atoms with Gasteiger partial charge in [-0.05, 0) is 37.3 Å². The Morgan fingerprint density at radius 2 is 1.86 bits per heavy atom. The summed E-state index contributed by atoms with van der Waals surface area (Å²) in [5.74, 6) is -1.29. The van der Waals surface area contributed by atoms with Crippen LogP contribution < -0.4 is 4.72 Å². The molecular formula is C12H10ClN3O4S. The van der Waals surface area contributed by atoms with E-state index in [1.54, 1.807) is 6.92 Å². The monoisotopic (exact) mass is 327 g/mol. The zero-order valence-corrected chi connectivity index (χ0v) is 12.3. The molecule has 0 radical (unpaired) electrons. The van der Waals surface area contributed by atoms with E-state index in [1.807, 2.05) is 0 Å². The van der Waals surface area contributed by atoms with Crippen LogP contribution in [-0.4, -0.2) is 29.5 Å². The van der Waals surface area contributed by atoms with Crippen molar-refractivity contribution in [2.24, 2.45) is 0 Å². The normalized spacial score (nSPS) is 11.1. The Kier molecular flexibility index (Phi) is 4.10. The Bertz CT molecular complexity index is 770. The number of nitrogens with zero attached hydrogens (tertiary/aromatic N) is 2. The topological polar surface area (TPSA) is 109 Å². The number of carbonyl (C=O) groups is 1. The van der Waals surface area contributed by atoms with E-state index in [4.69, 9.17) is 16.7 Å². The number of carboxylic acids is 1. The third-order valence-electron chi connectivity index (χ3n) is 2.46. The molecule has 0 aliphatic carbocycles. The van der Waals surface area contributed by atoms with Gasteiger partial charge < -0.3 is 5.11 Å². The molecule has 0 saturated carbocycles. The van der Waals surface area contributed by atoms with Crippen molar-refractivity contribution in [2.75, 3.05) is 4.72 Å². The van der Waals surface area contributed by atoms with Gasteiger partial charge >= 0.3 is 5.97 Å². The van der Waals surface area contributed by atoms with E-state index in [2.05, 4.69) is 14.7 Å². The first kappa shape index (κ1) is 15.2. The molecule has 0 atom stereocenters. The molecule has 0 spiro atoms. The highest BCUT2D eigenvalue weighted by Crippen LogP contribution is 2.16. The number of aromatic carboxylic acids is 1. The van der Waals surface area contributed by atoms with Gasteiger partial charge in [-0.2, -0.15) is 0 Å². The summed E-state index contributed by atoms with van der Waals surface area (Å²) in [5.41, 5.74) is 0.498. The predicted octanol–water partition coefficient (Wildman–Crippen LogP) is 1.94. The molecule has 110 valence electrons. The highest BCUT2D eigenvalue weighted by atomic mass is 35.5. The van der Waals surface area contributed by atoms with Gasteiger partial charge in [0.15, 0.2) is 0 Å². The van der Waals surface area contributed by atoms with Crippen LogP contribution in [0.15, 0.2) is 35.2 Å². The van der Waals surface area contributed by atoms with E-state index in [0.29, 0.717) is 5.69 Å². The van der Waals surface area contributed by atoms with Crippen molar-refractivity contribution in [3.63, 3.8) is 0 Å². The first-order chi connectivity index (χ1) is 9.78. The predicted molar refractivity (Wildman–Crippen MR) is 76.0 cm³/mol. The summed E-state index contributed by atoms with van der Waals surface area (Å²) in [7, 11) is -3.92. The molecule has 7 nitrogen and oxygen atoms in total. The molecule has 2 aromatic rings. The fourth-order valence-electron chi connectivity index (χ4n) is 1.53. The fourth-order valence-corrected chi connectivity index (χ4v) is 2.71. The molecule has 21 heavy (non-hydrogen) atoms. The number of nitrogens with one attached hydrogen (secondary N) is 1. The number of rotatable bonds is 4. The molecule has 0 unspecified atom stereocenters. The largest absolute Gasteiger partial charge is 0.478 e. The van der Waals surface area contributed by atoms with Crippen molar-refractivity contribution in [2.45, 2.75) is 11.8 Å². The highest BCUT2D eigenvalue weighted by Gasteiger charge is 2.17. The molecule has 0 bridgehead atoms. The van der Waals surface area contributed by atoms with Gasteiger partial charge in [0.25, 0.3) is 10.0 Å². The number of aryl methyl sites for hydroxylation is 1. The van der Waals surface area contributed by atoms with Gasteiger partial charge in [0, 0.05) is 5.69 Å². The zero-order chi connectivity index (χ0) is 15.6. The molecule has 0 aliphatic rings. The van der Waals surface area contributed by atoms with E-state index in [1.165, 1.54) is 30.3 Å². The van der Waals surface area contributed by atoms with Crippen LogP contribution in [0.25, 0.3) is 0 Å². The van der Waals surface area contributed by atoms with E-state index in [9.17, 15) is 13.2 Å². The van der Waals surface area contributed by atoms with Crippen molar-refractivity contribution < 1.29 is 18.3 Å². The third-order valence-corrected chi connectivity index (χ3v) is 4.00. The van der Waals surface area contributed by atoms with E-state index in [-0.39, 0.29) is 21.6 Å². The van der Waals surface area contributed by atoms with Crippen molar-refractivity contribution in [1.82, 2.24) is 9.97 Å². The Balaban J connectivity index is 2.31. The molecule has 0 saturated heterocycles. The first-order valence-electron chi connectivity index (χ1n) is 5.65. The maximum absolute atomic E-state index is 12.1. The van der Waals surface area contributed by atoms with Crippen LogP contribution in [0, 0.1) is 6.92 Å². The second-order valence-electron chi connectivity index (χ2n) is 4.09. The minimum Gasteiger partial charge on any atom is -0.478 e. The molecule has 2 N–H and O–H groups in total. The average Bonchev–Trinajstić information content (AvgIpc) is 2.37.